The average molecular weight is 304 g/mol. The predicted octanol–water partition coefficient (Wildman–Crippen LogP) is 3.12. The lowest BCUT2D eigenvalue weighted by Crippen LogP contribution is -2.31. The third kappa shape index (κ3) is 3.80. The monoisotopic (exact) mass is 304 g/mol. The highest BCUT2D eigenvalue weighted by Gasteiger charge is 2.29. The normalized spacial score (nSPS) is 12.3. The van der Waals surface area contributed by atoms with Gasteiger partial charge in [0.15, 0.2) is 0 Å². The topological polar surface area (TPSA) is 41.1 Å². The molecule has 8 heteroatoms. The van der Waals surface area contributed by atoms with E-state index in [1.165, 1.54) is 18.4 Å². The van der Waals surface area contributed by atoms with Crippen LogP contribution in [0.2, 0.25) is 0 Å². The van der Waals surface area contributed by atoms with E-state index in [9.17, 15) is 13.2 Å². The Kier molecular flexibility index (Phi) is 4.44. The number of fused-ring (bicyclic) bond motifs is 1. The van der Waals surface area contributed by atoms with E-state index in [1.807, 2.05) is 18.4 Å². The van der Waals surface area contributed by atoms with Crippen molar-refractivity contribution in [3.63, 3.8) is 0 Å². The van der Waals surface area contributed by atoms with Crippen LogP contribution in [0, 0.1) is 0 Å². The number of alkyl halides is 3. The Bertz CT molecular complexity index is 582. The summed E-state index contributed by atoms with van der Waals surface area (Å²) in [6.45, 7) is 1.72. The van der Waals surface area contributed by atoms with Gasteiger partial charge in [0.05, 0.1) is 18.5 Å². The Labute approximate surface area is 118 Å². The molecule has 0 amide bonds. The Morgan fingerprint density at radius 3 is 2.75 bits per heavy atom. The van der Waals surface area contributed by atoms with Gasteiger partial charge < -0.3 is 5.32 Å². The van der Waals surface area contributed by atoms with Crippen LogP contribution in [0.4, 0.5) is 19.0 Å². The van der Waals surface area contributed by atoms with Crippen molar-refractivity contribution in [3.05, 3.63) is 17.3 Å². The highest BCUT2D eigenvalue weighted by Crippen LogP contribution is 2.25. The van der Waals surface area contributed by atoms with Crippen molar-refractivity contribution in [1.82, 2.24) is 14.9 Å². The highest BCUT2D eigenvalue weighted by atomic mass is 32.1. The molecule has 4 nitrogen and oxygen atoms in total. The first-order valence-electron chi connectivity index (χ1n) is 6.12. The van der Waals surface area contributed by atoms with Crippen LogP contribution in [-0.2, 0) is 6.54 Å². The standard InChI is InChI=1S/C12H15F3N4S/c1-3-16-10-8-4-5-20-11(8)18-9(17-10)6-19(2)7-12(13,14)15/h4-5H,3,6-7H2,1-2H3,(H,16,17,18). The Morgan fingerprint density at radius 1 is 1.35 bits per heavy atom. The van der Waals surface area contributed by atoms with Gasteiger partial charge in [-0.3, -0.25) is 4.90 Å². The van der Waals surface area contributed by atoms with Crippen molar-refractivity contribution in [2.24, 2.45) is 0 Å². The second-order valence-corrected chi connectivity index (χ2v) is 5.34. The molecule has 0 unspecified atom stereocenters. The number of nitrogens with zero attached hydrogens (tertiary/aromatic N) is 3. The number of hydrogen-bond acceptors (Lipinski definition) is 5. The molecule has 1 N–H and O–H groups in total. The lowest BCUT2D eigenvalue weighted by atomic mass is 10.3. The lowest BCUT2D eigenvalue weighted by molar-refractivity contribution is -0.144. The van der Waals surface area contributed by atoms with Crippen molar-refractivity contribution in [2.45, 2.75) is 19.6 Å². The van der Waals surface area contributed by atoms with Gasteiger partial charge in [-0.1, -0.05) is 0 Å². The van der Waals surface area contributed by atoms with Crippen LogP contribution in [0.5, 0.6) is 0 Å². The van der Waals surface area contributed by atoms with Gasteiger partial charge in [-0.2, -0.15) is 13.2 Å². The number of halogens is 3. The quantitative estimate of drug-likeness (QED) is 0.921. The van der Waals surface area contributed by atoms with E-state index in [4.69, 9.17) is 0 Å². The summed E-state index contributed by atoms with van der Waals surface area (Å²) in [5, 5.41) is 5.91. The van der Waals surface area contributed by atoms with E-state index in [2.05, 4.69) is 15.3 Å². The number of thiophene rings is 1. The van der Waals surface area contributed by atoms with E-state index in [0.29, 0.717) is 18.2 Å². The summed E-state index contributed by atoms with van der Waals surface area (Å²) in [6, 6.07) is 1.90. The zero-order valence-electron chi connectivity index (χ0n) is 11.2. The van der Waals surface area contributed by atoms with Gasteiger partial charge in [0.1, 0.15) is 16.5 Å². The molecular weight excluding hydrogens is 289 g/mol. The van der Waals surface area contributed by atoms with Gasteiger partial charge >= 0.3 is 6.18 Å². The van der Waals surface area contributed by atoms with Crippen LogP contribution in [0.25, 0.3) is 10.2 Å². The van der Waals surface area contributed by atoms with Crippen LogP contribution < -0.4 is 5.32 Å². The predicted molar refractivity (Wildman–Crippen MR) is 74.0 cm³/mol. The lowest BCUT2D eigenvalue weighted by Gasteiger charge is -2.18. The van der Waals surface area contributed by atoms with E-state index in [1.54, 1.807) is 0 Å². The first-order valence-corrected chi connectivity index (χ1v) is 7.00. The summed E-state index contributed by atoms with van der Waals surface area (Å²) in [6.07, 6.45) is -4.22. The van der Waals surface area contributed by atoms with Gasteiger partial charge in [-0.15, -0.1) is 11.3 Å². The Morgan fingerprint density at radius 2 is 2.10 bits per heavy atom. The molecule has 0 radical (unpaired) electrons. The van der Waals surface area contributed by atoms with E-state index in [-0.39, 0.29) is 6.54 Å². The molecule has 0 bridgehead atoms. The molecule has 2 aromatic rings. The number of nitrogens with one attached hydrogen (secondary N) is 1. The minimum absolute atomic E-state index is 0.0613. The van der Waals surface area contributed by atoms with Crippen molar-refractivity contribution in [1.29, 1.82) is 0 Å². The molecule has 2 aromatic heterocycles. The SMILES string of the molecule is CCNc1nc(CN(C)CC(F)(F)F)nc2sccc12. The van der Waals surface area contributed by atoms with Gasteiger partial charge in [-0.25, -0.2) is 9.97 Å². The zero-order chi connectivity index (χ0) is 14.8. The van der Waals surface area contributed by atoms with Gasteiger partial charge in [0, 0.05) is 6.54 Å². The molecule has 0 aromatic carbocycles. The summed E-state index contributed by atoms with van der Waals surface area (Å²) in [7, 11) is 1.41. The molecule has 20 heavy (non-hydrogen) atoms. The van der Waals surface area contributed by atoms with Crippen LogP contribution in [0.15, 0.2) is 11.4 Å². The first-order chi connectivity index (χ1) is 9.39. The maximum Gasteiger partial charge on any atom is 0.401 e. The second-order valence-electron chi connectivity index (χ2n) is 4.45. The number of anilines is 1. The molecule has 2 rings (SSSR count). The molecule has 110 valence electrons. The van der Waals surface area contributed by atoms with Crippen LogP contribution >= 0.6 is 11.3 Å². The molecule has 0 saturated carbocycles. The van der Waals surface area contributed by atoms with Crippen LogP contribution in [0.1, 0.15) is 12.7 Å². The molecule has 0 saturated heterocycles. The van der Waals surface area contributed by atoms with Gasteiger partial charge in [0.2, 0.25) is 0 Å². The number of aromatic nitrogens is 2. The summed E-state index contributed by atoms with van der Waals surface area (Å²) in [5.41, 5.74) is 0. The summed E-state index contributed by atoms with van der Waals surface area (Å²) >= 11 is 1.45. The molecule has 0 aliphatic carbocycles. The Hall–Kier alpha value is -1.41. The third-order valence-corrected chi connectivity index (χ3v) is 3.38. The molecule has 2 heterocycles. The van der Waals surface area contributed by atoms with Gasteiger partial charge in [0.25, 0.3) is 0 Å². The van der Waals surface area contributed by atoms with Crippen molar-refractivity contribution < 1.29 is 13.2 Å². The van der Waals surface area contributed by atoms with Crippen molar-refractivity contribution in [3.8, 4) is 0 Å². The minimum atomic E-state index is -4.22. The van der Waals surface area contributed by atoms with Crippen molar-refractivity contribution in [2.75, 3.05) is 25.5 Å². The summed E-state index contributed by atoms with van der Waals surface area (Å²) in [4.78, 5) is 10.6. The molecular formula is C12H15F3N4S. The van der Waals surface area contributed by atoms with Crippen molar-refractivity contribution >= 4 is 27.4 Å². The van der Waals surface area contributed by atoms with Crippen LogP contribution in [0.3, 0.4) is 0 Å². The average Bonchev–Trinajstić information content (AvgIpc) is 2.74. The number of hydrogen-bond donors (Lipinski definition) is 1. The molecule has 0 atom stereocenters. The molecule has 0 fully saturated rings. The molecule has 0 aliphatic heterocycles. The Balaban J connectivity index is 2.21. The van der Waals surface area contributed by atoms with E-state index >= 15 is 0 Å². The zero-order valence-corrected chi connectivity index (χ0v) is 12.0. The first kappa shape index (κ1) is 15.0. The fourth-order valence-corrected chi connectivity index (χ4v) is 2.66. The largest absolute Gasteiger partial charge is 0.401 e. The summed E-state index contributed by atoms with van der Waals surface area (Å²) in [5.74, 6) is 1.07. The third-order valence-electron chi connectivity index (χ3n) is 2.58. The fraction of sp³-hybridized carbons (Fsp3) is 0.500. The maximum absolute atomic E-state index is 12.3. The number of rotatable bonds is 5. The molecule has 0 spiro atoms. The highest BCUT2D eigenvalue weighted by molar-refractivity contribution is 7.16. The second kappa shape index (κ2) is 5.92. The smallest absolute Gasteiger partial charge is 0.370 e. The van der Waals surface area contributed by atoms with Gasteiger partial charge in [-0.05, 0) is 25.4 Å². The molecule has 0 aliphatic rings. The van der Waals surface area contributed by atoms with Crippen LogP contribution in [-0.4, -0.2) is 41.2 Å². The maximum atomic E-state index is 12.3. The fourth-order valence-electron chi connectivity index (χ4n) is 1.88. The van der Waals surface area contributed by atoms with E-state index < -0.39 is 12.7 Å². The van der Waals surface area contributed by atoms with E-state index in [0.717, 1.165) is 15.1 Å². The minimum Gasteiger partial charge on any atom is -0.370 e. The summed E-state index contributed by atoms with van der Waals surface area (Å²) < 4.78 is 37.0.